The minimum Gasteiger partial charge on any atom is -0.351 e. The summed E-state index contributed by atoms with van der Waals surface area (Å²) in [4.78, 5) is 13.3. The van der Waals surface area contributed by atoms with Crippen LogP contribution in [0.25, 0.3) is 0 Å². The fourth-order valence-electron chi connectivity index (χ4n) is 2.03. The van der Waals surface area contributed by atoms with E-state index in [4.69, 9.17) is 11.6 Å². The summed E-state index contributed by atoms with van der Waals surface area (Å²) in [5, 5.41) is 4.48. The molecule has 2 rings (SSSR count). The molecule has 1 N–H and O–H groups in total. The number of rotatable bonds is 4. The van der Waals surface area contributed by atoms with Crippen LogP contribution in [-0.4, -0.2) is 29.9 Å². The van der Waals surface area contributed by atoms with Crippen molar-refractivity contribution in [2.24, 2.45) is 4.99 Å². The molecule has 2 heterocycles. The van der Waals surface area contributed by atoms with Gasteiger partial charge in [0.1, 0.15) is 0 Å². The fraction of sp³-hybridized carbons (Fsp3) is 0.429. The number of aliphatic imine (C=N–C) groups is 1. The summed E-state index contributed by atoms with van der Waals surface area (Å²) in [7, 11) is 3.82. The lowest BCUT2D eigenvalue weighted by molar-refractivity contribution is 0.481. The highest BCUT2D eigenvalue weighted by atomic mass is 35.5. The van der Waals surface area contributed by atoms with Gasteiger partial charge in [-0.05, 0) is 26.0 Å². The number of nitrogens with zero attached hydrogens (tertiary/aromatic N) is 3. The molecule has 0 amide bonds. The average molecular weight is 343 g/mol. The fourth-order valence-corrected chi connectivity index (χ4v) is 4.04. The SMILES string of the molecule is CN=C(NCc1sc(C)nc1C)N(C)Cc1ccc(Cl)s1. The van der Waals surface area contributed by atoms with E-state index in [2.05, 4.69) is 20.2 Å². The number of hydrogen-bond donors (Lipinski definition) is 1. The van der Waals surface area contributed by atoms with E-state index in [-0.39, 0.29) is 0 Å². The zero-order valence-electron chi connectivity index (χ0n) is 12.6. The first kappa shape index (κ1) is 16.3. The molecule has 4 nitrogen and oxygen atoms in total. The highest BCUT2D eigenvalue weighted by Crippen LogP contribution is 2.22. The zero-order valence-corrected chi connectivity index (χ0v) is 15.0. The third-order valence-corrected chi connectivity index (χ3v) is 5.29. The van der Waals surface area contributed by atoms with E-state index < -0.39 is 0 Å². The van der Waals surface area contributed by atoms with Crippen molar-refractivity contribution in [3.05, 3.63) is 36.9 Å². The van der Waals surface area contributed by atoms with E-state index in [0.29, 0.717) is 0 Å². The van der Waals surface area contributed by atoms with E-state index in [1.807, 2.05) is 33.0 Å². The van der Waals surface area contributed by atoms with Gasteiger partial charge >= 0.3 is 0 Å². The molecular formula is C14H19ClN4S2. The van der Waals surface area contributed by atoms with Crippen molar-refractivity contribution in [2.75, 3.05) is 14.1 Å². The second kappa shape index (κ2) is 7.24. The van der Waals surface area contributed by atoms with Crippen molar-refractivity contribution in [3.8, 4) is 0 Å². The van der Waals surface area contributed by atoms with Gasteiger partial charge in [-0.25, -0.2) is 4.98 Å². The summed E-state index contributed by atoms with van der Waals surface area (Å²) in [6, 6.07) is 3.97. The highest BCUT2D eigenvalue weighted by Gasteiger charge is 2.10. The largest absolute Gasteiger partial charge is 0.351 e. The minimum absolute atomic E-state index is 0.750. The highest BCUT2D eigenvalue weighted by molar-refractivity contribution is 7.16. The Morgan fingerprint density at radius 3 is 2.67 bits per heavy atom. The Morgan fingerprint density at radius 1 is 1.38 bits per heavy atom. The third kappa shape index (κ3) is 4.43. The molecule has 0 atom stereocenters. The van der Waals surface area contributed by atoms with Crippen molar-refractivity contribution in [1.29, 1.82) is 0 Å². The van der Waals surface area contributed by atoms with Crippen LogP contribution in [0.2, 0.25) is 4.34 Å². The molecule has 0 aromatic carbocycles. The molecule has 0 unspecified atom stereocenters. The van der Waals surface area contributed by atoms with E-state index in [9.17, 15) is 0 Å². The normalized spacial score (nSPS) is 11.8. The lowest BCUT2D eigenvalue weighted by Gasteiger charge is -2.21. The molecule has 0 saturated heterocycles. The summed E-state index contributed by atoms with van der Waals surface area (Å²) in [6.07, 6.45) is 0. The van der Waals surface area contributed by atoms with Gasteiger partial charge < -0.3 is 10.2 Å². The Bertz CT molecular complexity index is 633. The summed E-state index contributed by atoms with van der Waals surface area (Å²) in [5.74, 6) is 0.866. The van der Waals surface area contributed by atoms with Gasteiger partial charge in [0.15, 0.2) is 5.96 Å². The number of guanidine groups is 1. The van der Waals surface area contributed by atoms with Crippen LogP contribution in [0.4, 0.5) is 0 Å². The molecule has 0 aliphatic heterocycles. The first-order valence-electron chi connectivity index (χ1n) is 6.58. The van der Waals surface area contributed by atoms with Gasteiger partial charge in [0.2, 0.25) is 0 Å². The number of aryl methyl sites for hydroxylation is 2. The van der Waals surface area contributed by atoms with Crippen LogP contribution in [0.3, 0.4) is 0 Å². The van der Waals surface area contributed by atoms with Gasteiger partial charge in [0.05, 0.1) is 28.1 Å². The Hall–Kier alpha value is -1.11. The molecule has 114 valence electrons. The van der Waals surface area contributed by atoms with Gasteiger partial charge in [-0.1, -0.05) is 11.6 Å². The molecule has 0 aliphatic rings. The molecule has 0 fully saturated rings. The zero-order chi connectivity index (χ0) is 15.4. The lowest BCUT2D eigenvalue weighted by Crippen LogP contribution is -2.37. The molecule has 0 saturated carbocycles. The Kier molecular flexibility index (Phi) is 5.61. The van der Waals surface area contributed by atoms with Crippen molar-refractivity contribution in [2.45, 2.75) is 26.9 Å². The first-order chi connectivity index (χ1) is 9.99. The summed E-state index contributed by atoms with van der Waals surface area (Å²) < 4.78 is 0.817. The maximum Gasteiger partial charge on any atom is 0.194 e. The van der Waals surface area contributed by atoms with Crippen molar-refractivity contribution in [1.82, 2.24) is 15.2 Å². The number of halogens is 1. The maximum atomic E-state index is 5.97. The smallest absolute Gasteiger partial charge is 0.194 e. The van der Waals surface area contributed by atoms with Crippen molar-refractivity contribution >= 4 is 40.2 Å². The van der Waals surface area contributed by atoms with Gasteiger partial charge in [0.25, 0.3) is 0 Å². The van der Waals surface area contributed by atoms with Crippen LogP contribution < -0.4 is 5.32 Å². The van der Waals surface area contributed by atoms with Gasteiger partial charge in [-0.2, -0.15) is 0 Å². The van der Waals surface area contributed by atoms with Crippen LogP contribution in [-0.2, 0) is 13.1 Å². The first-order valence-corrected chi connectivity index (χ1v) is 8.59. The van der Waals surface area contributed by atoms with E-state index in [1.54, 1.807) is 29.7 Å². The number of nitrogens with one attached hydrogen (secondary N) is 1. The second-order valence-electron chi connectivity index (χ2n) is 4.70. The molecule has 0 radical (unpaired) electrons. The van der Waals surface area contributed by atoms with Crippen molar-refractivity contribution < 1.29 is 0 Å². The second-order valence-corrected chi connectivity index (χ2v) is 7.79. The predicted octanol–water partition coefficient (Wildman–Crippen LogP) is 3.68. The molecular weight excluding hydrogens is 324 g/mol. The molecule has 2 aromatic rings. The molecule has 0 spiro atoms. The maximum absolute atomic E-state index is 5.97. The number of thiazole rings is 1. The minimum atomic E-state index is 0.750. The standard InChI is InChI=1S/C14H19ClN4S2/c1-9-12(20-10(2)18-9)7-17-14(16-3)19(4)8-11-5-6-13(15)21-11/h5-6H,7-8H2,1-4H3,(H,16,17). The number of hydrogen-bond acceptors (Lipinski definition) is 4. The van der Waals surface area contributed by atoms with Crippen LogP contribution in [0.5, 0.6) is 0 Å². The summed E-state index contributed by atoms with van der Waals surface area (Å²) in [6.45, 7) is 5.61. The predicted molar refractivity (Wildman–Crippen MR) is 92.6 cm³/mol. The monoisotopic (exact) mass is 342 g/mol. The van der Waals surface area contributed by atoms with Crippen LogP contribution in [0.1, 0.15) is 20.5 Å². The third-order valence-electron chi connectivity index (χ3n) is 3.00. The Labute approximate surface area is 138 Å². The average Bonchev–Trinajstić information content (AvgIpc) is 2.96. The van der Waals surface area contributed by atoms with Crippen LogP contribution in [0.15, 0.2) is 17.1 Å². The van der Waals surface area contributed by atoms with Gasteiger partial charge in [0, 0.05) is 23.8 Å². The number of thiophene rings is 1. The van der Waals surface area contributed by atoms with Crippen LogP contribution >= 0.6 is 34.3 Å². The van der Waals surface area contributed by atoms with Crippen LogP contribution in [0, 0.1) is 13.8 Å². The molecule has 0 bridgehead atoms. The van der Waals surface area contributed by atoms with E-state index >= 15 is 0 Å². The molecule has 21 heavy (non-hydrogen) atoms. The summed E-state index contributed by atoms with van der Waals surface area (Å²) in [5.41, 5.74) is 1.09. The molecule has 0 aliphatic carbocycles. The van der Waals surface area contributed by atoms with E-state index in [1.165, 1.54) is 9.75 Å². The summed E-state index contributed by atoms with van der Waals surface area (Å²) >= 11 is 9.29. The molecule has 2 aromatic heterocycles. The lowest BCUT2D eigenvalue weighted by atomic mass is 10.4. The topological polar surface area (TPSA) is 40.5 Å². The van der Waals surface area contributed by atoms with Gasteiger partial charge in [-0.3, -0.25) is 4.99 Å². The quantitative estimate of drug-likeness (QED) is 0.680. The number of aromatic nitrogens is 1. The van der Waals surface area contributed by atoms with Gasteiger partial charge in [-0.15, -0.1) is 22.7 Å². The Morgan fingerprint density at radius 2 is 2.14 bits per heavy atom. The Balaban J connectivity index is 1.95. The van der Waals surface area contributed by atoms with E-state index in [0.717, 1.165) is 34.1 Å². The molecule has 7 heteroatoms. The van der Waals surface area contributed by atoms with Crippen molar-refractivity contribution in [3.63, 3.8) is 0 Å².